The van der Waals surface area contributed by atoms with E-state index in [2.05, 4.69) is 10.3 Å². The lowest BCUT2D eigenvalue weighted by molar-refractivity contribution is -0.143. The number of likely N-dealkylation sites (N-methyl/N-ethyl adjacent to an activating group) is 1. The molecular formula is C12H22N4O3. The van der Waals surface area contributed by atoms with Crippen molar-refractivity contribution in [3.63, 3.8) is 0 Å². The third kappa shape index (κ3) is 3.57. The maximum absolute atomic E-state index is 12.2. The van der Waals surface area contributed by atoms with Gasteiger partial charge in [-0.1, -0.05) is 0 Å². The second-order valence-corrected chi connectivity index (χ2v) is 5.25. The zero-order chi connectivity index (χ0) is 13.8. The number of urea groups is 1. The summed E-state index contributed by atoms with van der Waals surface area (Å²) in [5.74, 6) is -0.909. The van der Waals surface area contributed by atoms with Crippen LogP contribution in [0.25, 0.3) is 0 Å². The fraction of sp³-hybridized carbons (Fsp3) is 0.833. The molecule has 0 spiro atoms. The van der Waals surface area contributed by atoms with Gasteiger partial charge < -0.3 is 14.9 Å². The summed E-state index contributed by atoms with van der Waals surface area (Å²) in [4.78, 5) is 27.0. The molecule has 1 unspecified atom stereocenters. The number of nitrogens with zero attached hydrogens (tertiary/aromatic N) is 3. The second kappa shape index (κ2) is 6.21. The van der Waals surface area contributed by atoms with E-state index in [0.717, 1.165) is 39.0 Å². The van der Waals surface area contributed by atoms with Gasteiger partial charge in [0.1, 0.15) is 6.04 Å². The van der Waals surface area contributed by atoms with Crippen LogP contribution in [0.15, 0.2) is 0 Å². The van der Waals surface area contributed by atoms with Crippen molar-refractivity contribution < 1.29 is 14.7 Å². The predicted molar refractivity (Wildman–Crippen MR) is 69.6 cm³/mol. The van der Waals surface area contributed by atoms with Crippen molar-refractivity contribution >= 4 is 12.0 Å². The monoisotopic (exact) mass is 270 g/mol. The minimum absolute atomic E-state index is 0.281. The molecule has 2 fully saturated rings. The first-order valence-corrected chi connectivity index (χ1v) is 6.81. The van der Waals surface area contributed by atoms with Crippen LogP contribution in [0.2, 0.25) is 0 Å². The minimum Gasteiger partial charge on any atom is -0.480 e. The van der Waals surface area contributed by atoms with E-state index in [1.165, 1.54) is 4.90 Å². The molecule has 2 saturated heterocycles. The fourth-order valence-corrected chi connectivity index (χ4v) is 2.55. The van der Waals surface area contributed by atoms with Gasteiger partial charge in [-0.05, 0) is 26.3 Å². The molecule has 2 aliphatic heterocycles. The van der Waals surface area contributed by atoms with Gasteiger partial charge in [0.05, 0.1) is 0 Å². The highest BCUT2D eigenvalue weighted by Crippen LogP contribution is 2.17. The molecule has 19 heavy (non-hydrogen) atoms. The van der Waals surface area contributed by atoms with E-state index in [-0.39, 0.29) is 6.03 Å². The summed E-state index contributed by atoms with van der Waals surface area (Å²) >= 11 is 0. The van der Waals surface area contributed by atoms with Crippen molar-refractivity contribution in [2.24, 2.45) is 0 Å². The number of hydrogen-bond donors (Lipinski definition) is 2. The molecule has 0 saturated carbocycles. The van der Waals surface area contributed by atoms with Crippen molar-refractivity contribution in [1.82, 2.24) is 20.2 Å². The first kappa shape index (κ1) is 14.1. The van der Waals surface area contributed by atoms with Crippen LogP contribution in [0.5, 0.6) is 0 Å². The average Bonchev–Trinajstić information content (AvgIpc) is 2.41. The molecule has 1 atom stereocenters. The number of carboxylic acids is 1. The Morgan fingerprint density at radius 2 is 1.79 bits per heavy atom. The predicted octanol–water partition coefficient (Wildman–Crippen LogP) is -0.202. The fourth-order valence-electron chi connectivity index (χ4n) is 2.55. The van der Waals surface area contributed by atoms with Crippen molar-refractivity contribution in [3.8, 4) is 0 Å². The van der Waals surface area contributed by atoms with Gasteiger partial charge in [0.15, 0.2) is 0 Å². The van der Waals surface area contributed by atoms with E-state index in [0.29, 0.717) is 13.0 Å². The number of rotatable bonds is 2. The molecular weight excluding hydrogens is 248 g/mol. The lowest BCUT2D eigenvalue weighted by Gasteiger charge is -2.37. The molecule has 2 rings (SSSR count). The van der Waals surface area contributed by atoms with Gasteiger partial charge in [0, 0.05) is 32.7 Å². The standard InChI is InChI=1S/C12H22N4O3/c1-14-6-8-15(9-7-14)13-12(19)16-5-3-2-4-10(16)11(17)18/h10H,2-9H2,1H3,(H,13,19)(H,17,18). The molecule has 0 aromatic carbocycles. The third-order valence-corrected chi connectivity index (χ3v) is 3.81. The number of hydrogen-bond acceptors (Lipinski definition) is 4. The molecule has 2 N–H and O–H groups in total. The Morgan fingerprint density at radius 3 is 2.42 bits per heavy atom. The number of amides is 2. The molecule has 0 aromatic rings. The molecule has 2 amide bonds. The van der Waals surface area contributed by atoms with E-state index < -0.39 is 12.0 Å². The van der Waals surface area contributed by atoms with Crippen LogP contribution in [-0.2, 0) is 4.79 Å². The van der Waals surface area contributed by atoms with Gasteiger partial charge in [0.2, 0.25) is 0 Å². The summed E-state index contributed by atoms with van der Waals surface area (Å²) in [7, 11) is 2.05. The van der Waals surface area contributed by atoms with Gasteiger partial charge in [-0.25, -0.2) is 14.6 Å². The largest absolute Gasteiger partial charge is 0.480 e. The lowest BCUT2D eigenvalue weighted by Crippen LogP contribution is -2.59. The summed E-state index contributed by atoms with van der Waals surface area (Å²) in [5.41, 5.74) is 2.82. The molecule has 7 nitrogen and oxygen atoms in total. The lowest BCUT2D eigenvalue weighted by atomic mass is 10.0. The molecule has 2 heterocycles. The highest BCUT2D eigenvalue weighted by Gasteiger charge is 2.32. The molecule has 108 valence electrons. The number of likely N-dealkylation sites (tertiary alicyclic amines) is 1. The van der Waals surface area contributed by atoms with Gasteiger partial charge >= 0.3 is 12.0 Å². The topological polar surface area (TPSA) is 76.1 Å². The molecule has 0 bridgehead atoms. The molecule has 2 aliphatic rings. The zero-order valence-corrected chi connectivity index (χ0v) is 11.3. The molecule has 0 aliphatic carbocycles. The van der Waals surface area contributed by atoms with E-state index in [9.17, 15) is 9.59 Å². The van der Waals surface area contributed by atoms with Crippen LogP contribution in [0.4, 0.5) is 4.79 Å². The SMILES string of the molecule is CN1CCN(NC(=O)N2CCCCC2C(=O)O)CC1. The van der Waals surface area contributed by atoms with Crippen LogP contribution in [0.3, 0.4) is 0 Å². The number of aliphatic carboxylic acids is 1. The Labute approximate surface area is 113 Å². The summed E-state index contributed by atoms with van der Waals surface area (Å²) in [5, 5.41) is 11.0. The first-order chi connectivity index (χ1) is 9.08. The number of piperazine rings is 1. The van der Waals surface area contributed by atoms with Gasteiger partial charge in [-0.15, -0.1) is 0 Å². The van der Waals surface area contributed by atoms with Gasteiger partial charge in [-0.3, -0.25) is 5.43 Å². The van der Waals surface area contributed by atoms with Gasteiger partial charge in [0.25, 0.3) is 0 Å². The molecule has 0 radical (unpaired) electrons. The van der Waals surface area contributed by atoms with E-state index in [4.69, 9.17) is 5.11 Å². The summed E-state index contributed by atoms with van der Waals surface area (Å²) in [6.07, 6.45) is 2.29. The first-order valence-electron chi connectivity index (χ1n) is 6.81. The second-order valence-electron chi connectivity index (χ2n) is 5.25. The van der Waals surface area contributed by atoms with Crippen molar-refractivity contribution in [2.45, 2.75) is 25.3 Å². The summed E-state index contributed by atoms with van der Waals surface area (Å²) in [6, 6.07) is -0.960. The van der Waals surface area contributed by atoms with Crippen LogP contribution in [0, 0.1) is 0 Å². The Balaban J connectivity index is 1.89. The summed E-state index contributed by atoms with van der Waals surface area (Å²) < 4.78 is 0. The van der Waals surface area contributed by atoms with Crippen molar-refractivity contribution in [1.29, 1.82) is 0 Å². The molecule has 0 aromatic heterocycles. The maximum atomic E-state index is 12.2. The van der Waals surface area contributed by atoms with Crippen LogP contribution >= 0.6 is 0 Å². The quantitative estimate of drug-likeness (QED) is 0.726. The Hall–Kier alpha value is -1.34. The molecule has 7 heteroatoms. The smallest absolute Gasteiger partial charge is 0.332 e. The van der Waals surface area contributed by atoms with E-state index in [1.807, 2.05) is 12.1 Å². The van der Waals surface area contributed by atoms with E-state index in [1.54, 1.807) is 0 Å². The average molecular weight is 270 g/mol. The number of nitrogens with one attached hydrogen (secondary N) is 1. The highest BCUT2D eigenvalue weighted by atomic mass is 16.4. The maximum Gasteiger partial charge on any atom is 0.332 e. The van der Waals surface area contributed by atoms with Crippen molar-refractivity contribution in [3.05, 3.63) is 0 Å². The number of hydrazine groups is 1. The van der Waals surface area contributed by atoms with Crippen LogP contribution < -0.4 is 5.43 Å². The number of carbonyl (C=O) groups excluding carboxylic acids is 1. The number of carboxylic acid groups (broad SMARTS) is 1. The minimum atomic E-state index is -0.909. The van der Waals surface area contributed by atoms with Gasteiger partial charge in [-0.2, -0.15) is 0 Å². The Bertz CT molecular complexity index is 342. The highest BCUT2D eigenvalue weighted by molar-refractivity contribution is 5.82. The van der Waals surface area contributed by atoms with E-state index >= 15 is 0 Å². The van der Waals surface area contributed by atoms with Crippen LogP contribution in [-0.4, -0.2) is 77.7 Å². The third-order valence-electron chi connectivity index (χ3n) is 3.81. The number of piperidine rings is 1. The van der Waals surface area contributed by atoms with Crippen LogP contribution in [0.1, 0.15) is 19.3 Å². The summed E-state index contributed by atoms with van der Waals surface area (Å²) in [6.45, 7) is 3.88. The number of carbonyl (C=O) groups is 2. The Morgan fingerprint density at radius 1 is 1.11 bits per heavy atom. The van der Waals surface area contributed by atoms with Crippen molar-refractivity contribution in [2.75, 3.05) is 39.8 Å². The normalized spacial score (nSPS) is 26.2. The Kier molecular flexibility index (Phi) is 4.60. The zero-order valence-electron chi connectivity index (χ0n) is 11.3.